The highest BCUT2D eigenvalue weighted by atomic mass is 16.3. The van der Waals surface area contributed by atoms with Crippen molar-refractivity contribution in [1.29, 1.82) is 0 Å². The van der Waals surface area contributed by atoms with Crippen LogP contribution in [-0.4, -0.2) is 16.1 Å². The van der Waals surface area contributed by atoms with Crippen LogP contribution in [0.25, 0.3) is 21.7 Å². The van der Waals surface area contributed by atoms with Crippen LogP contribution in [0.4, 0.5) is 0 Å². The molecule has 3 heterocycles. The van der Waals surface area contributed by atoms with Crippen LogP contribution in [0.15, 0.2) is 52.1 Å². The lowest BCUT2D eigenvalue weighted by molar-refractivity contribution is 0.512. The van der Waals surface area contributed by atoms with Crippen molar-refractivity contribution >= 4 is 21.7 Å². The first-order chi connectivity index (χ1) is 11.3. The molecule has 0 spiro atoms. The van der Waals surface area contributed by atoms with E-state index in [1.54, 1.807) is 10.8 Å². The Morgan fingerprint density at radius 1 is 1.22 bits per heavy atom. The Labute approximate surface area is 131 Å². The van der Waals surface area contributed by atoms with Crippen LogP contribution in [0.1, 0.15) is 22.9 Å². The van der Waals surface area contributed by atoms with Crippen LogP contribution in [0.2, 0.25) is 0 Å². The van der Waals surface area contributed by atoms with E-state index in [1.807, 2.05) is 36.7 Å². The van der Waals surface area contributed by atoms with Crippen molar-refractivity contribution in [2.24, 2.45) is 5.73 Å². The highest BCUT2D eigenvalue weighted by Gasteiger charge is 2.39. The number of aromatic nitrogens is 2. The molecule has 23 heavy (non-hydrogen) atoms. The van der Waals surface area contributed by atoms with E-state index in [-0.39, 0.29) is 11.6 Å². The number of fused-ring (bicyclic) bond motifs is 4. The lowest BCUT2D eigenvalue weighted by atomic mass is 10.0. The van der Waals surface area contributed by atoms with Gasteiger partial charge >= 0.3 is 0 Å². The summed E-state index contributed by atoms with van der Waals surface area (Å²) in [6.45, 7) is 0.586. The molecule has 1 unspecified atom stereocenters. The van der Waals surface area contributed by atoms with Gasteiger partial charge < -0.3 is 15.1 Å². The average molecular weight is 305 g/mol. The molecule has 0 fully saturated rings. The summed E-state index contributed by atoms with van der Waals surface area (Å²) in [5.41, 5.74) is 9.01. The third-order valence-electron chi connectivity index (χ3n) is 4.71. The van der Waals surface area contributed by atoms with Gasteiger partial charge in [-0.2, -0.15) is 0 Å². The number of nitrogens with zero attached hydrogens (tertiary/aromatic N) is 1. The number of nitrogens with two attached hydrogens (primary N) is 1. The minimum Gasteiger partial charge on any atom is -0.466 e. The summed E-state index contributed by atoms with van der Waals surface area (Å²) in [4.78, 5) is 16.2. The molecule has 5 rings (SSSR count). The quantitative estimate of drug-likeness (QED) is 0.538. The Bertz CT molecular complexity index is 1100. The van der Waals surface area contributed by atoms with Crippen molar-refractivity contribution in [3.8, 4) is 0 Å². The van der Waals surface area contributed by atoms with Crippen LogP contribution >= 0.6 is 0 Å². The monoisotopic (exact) mass is 305 g/mol. The zero-order valence-electron chi connectivity index (χ0n) is 12.4. The molecular formula is C18H15N3O2. The molecule has 114 valence electrons. The number of furan rings is 1. The fraction of sp³-hybridized carbons (Fsp3) is 0.167. The van der Waals surface area contributed by atoms with Crippen LogP contribution in [0.3, 0.4) is 0 Å². The van der Waals surface area contributed by atoms with Crippen molar-refractivity contribution in [3.63, 3.8) is 0 Å². The van der Waals surface area contributed by atoms with Gasteiger partial charge in [0, 0.05) is 34.2 Å². The average Bonchev–Trinajstić information content (AvgIpc) is 2.92. The first-order valence-corrected chi connectivity index (χ1v) is 7.71. The molecule has 3 aromatic heterocycles. The van der Waals surface area contributed by atoms with E-state index < -0.39 is 0 Å². The maximum atomic E-state index is 12.9. The number of aromatic amines is 1. The fourth-order valence-electron chi connectivity index (χ4n) is 3.57. The van der Waals surface area contributed by atoms with Gasteiger partial charge in [0.1, 0.15) is 11.8 Å². The predicted octanol–water partition coefficient (Wildman–Crippen LogP) is 2.53. The van der Waals surface area contributed by atoms with Crippen molar-refractivity contribution in [2.45, 2.75) is 12.5 Å². The zero-order valence-corrected chi connectivity index (χ0v) is 12.4. The largest absolute Gasteiger partial charge is 0.466 e. The van der Waals surface area contributed by atoms with Crippen molar-refractivity contribution < 1.29 is 4.42 Å². The van der Waals surface area contributed by atoms with Crippen LogP contribution in [-0.2, 0) is 6.42 Å². The number of nitrogens with one attached hydrogen (secondary N) is 1. The first-order valence-electron chi connectivity index (χ1n) is 7.71. The molecule has 0 aliphatic heterocycles. The van der Waals surface area contributed by atoms with E-state index in [0.29, 0.717) is 6.54 Å². The number of H-pyrrole nitrogens is 1. The first kappa shape index (κ1) is 12.7. The van der Waals surface area contributed by atoms with Gasteiger partial charge in [0.2, 0.25) is 0 Å². The van der Waals surface area contributed by atoms with Crippen molar-refractivity contribution in [3.05, 3.63) is 70.2 Å². The molecular weight excluding hydrogens is 290 g/mol. The van der Waals surface area contributed by atoms with Gasteiger partial charge in [0.25, 0.3) is 5.56 Å². The summed E-state index contributed by atoms with van der Waals surface area (Å²) in [7, 11) is 0. The lowest BCUT2D eigenvalue weighted by Gasteiger charge is -2.08. The van der Waals surface area contributed by atoms with Crippen LogP contribution < -0.4 is 11.3 Å². The summed E-state index contributed by atoms with van der Waals surface area (Å²) in [5, 5.41) is 2.81. The molecule has 1 aromatic carbocycles. The van der Waals surface area contributed by atoms with E-state index in [9.17, 15) is 4.79 Å². The Balaban J connectivity index is 1.76. The third-order valence-corrected chi connectivity index (χ3v) is 4.71. The second-order valence-corrected chi connectivity index (χ2v) is 5.97. The summed E-state index contributed by atoms with van der Waals surface area (Å²) < 4.78 is 7.14. The summed E-state index contributed by atoms with van der Waals surface area (Å²) in [5.74, 6) is 0.887. The van der Waals surface area contributed by atoms with Gasteiger partial charge in [-0.25, -0.2) is 0 Å². The highest BCUT2D eigenvalue weighted by Crippen LogP contribution is 2.44. The Hall–Kier alpha value is -2.79. The van der Waals surface area contributed by atoms with Crippen LogP contribution in [0, 0.1) is 0 Å². The van der Waals surface area contributed by atoms with Gasteiger partial charge in [-0.3, -0.25) is 9.36 Å². The van der Waals surface area contributed by atoms with Gasteiger partial charge in [-0.05, 0) is 48.2 Å². The number of pyridine rings is 1. The smallest absolute Gasteiger partial charge is 0.259 e. The Morgan fingerprint density at radius 3 is 2.91 bits per heavy atom. The van der Waals surface area contributed by atoms with E-state index in [2.05, 4.69) is 4.98 Å². The SMILES string of the molecule is NCCc1c[nH]c2ccc3c(=O)n(C4c5ccoc54)ccc3c12. The maximum Gasteiger partial charge on any atom is 0.259 e. The molecule has 0 radical (unpaired) electrons. The van der Waals surface area contributed by atoms with Gasteiger partial charge in [0.15, 0.2) is 0 Å². The fourth-order valence-corrected chi connectivity index (χ4v) is 3.57. The Kier molecular flexibility index (Phi) is 2.41. The summed E-state index contributed by atoms with van der Waals surface area (Å²) in [6.07, 6.45) is 6.30. The van der Waals surface area contributed by atoms with E-state index in [1.165, 1.54) is 0 Å². The number of benzene rings is 1. The Morgan fingerprint density at radius 2 is 2.13 bits per heavy atom. The molecule has 0 bridgehead atoms. The summed E-state index contributed by atoms with van der Waals surface area (Å²) in [6, 6.07) is 7.77. The van der Waals surface area contributed by atoms with Crippen LogP contribution in [0.5, 0.6) is 0 Å². The van der Waals surface area contributed by atoms with Gasteiger partial charge in [-0.15, -0.1) is 0 Å². The highest BCUT2D eigenvalue weighted by molar-refractivity contribution is 6.07. The molecule has 4 aromatic rings. The lowest BCUT2D eigenvalue weighted by Crippen LogP contribution is -2.19. The summed E-state index contributed by atoms with van der Waals surface area (Å²) >= 11 is 0. The molecule has 0 amide bonds. The van der Waals surface area contributed by atoms with E-state index in [0.717, 1.165) is 45.0 Å². The second-order valence-electron chi connectivity index (χ2n) is 5.97. The second kappa shape index (κ2) is 4.36. The molecule has 1 aliphatic carbocycles. The number of hydrogen-bond donors (Lipinski definition) is 2. The molecule has 3 N–H and O–H groups in total. The minimum absolute atomic E-state index is 0.0145. The van der Waals surface area contributed by atoms with Crippen molar-refractivity contribution in [1.82, 2.24) is 9.55 Å². The molecule has 0 saturated heterocycles. The van der Waals surface area contributed by atoms with E-state index >= 15 is 0 Å². The molecule has 1 aliphatic rings. The van der Waals surface area contributed by atoms with Gasteiger partial charge in [0.05, 0.1) is 6.26 Å². The maximum absolute atomic E-state index is 12.9. The van der Waals surface area contributed by atoms with E-state index in [4.69, 9.17) is 10.2 Å². The topological polar surface area (TPSA) is 77.0 Å². The predicted molar refractivity (Wildman–Crippen MR) is 88.8 cm³/mol. The number of hydrogen-bond acceptors (Lipinski definition) is 3. The molecule has 1 atom stereocenters. The molecule has 0 saturated carbocycles. The number of rotatable bonds is 3. The standard InChI is InChI=1S/C18H15N3O2/c19-6-3-10-9-20-14-2-1-12-11(15(10)14)4-7-21(18(12)22)16-13-5-8-23-17(13)16/h1-2,4-5,7-9,16,20H,3,6,19H2. The normalized spacial score (nSPS) is 16.1. The minimum atomic E-state index is -0.0256. The third kappa shape index (κ3) is 1.62. The molecule has 5 heteroatoms. The van der Waals surface area contributed by atoms with Gasteiger partial charge in [-0.1, -0.05) is 0 Å². The zero-order chi connectivity index (χ0) is 15.6. The molecule has 5 nitrogen and oxygen atoms in total. The van der Waals surface area contributed by atoms with Crippen molar-refractivity contribution in [2.75, 3.05) is 6.54 Å².